The number of carbonyl (C=O) groups is 2. The number of piperidine rings is 1. The van der Waals surface area contributed by atoms with E-state index in [-0.39, 0.29) is 36.1 Å². The largest absolute Gasteiger partial charge is 0.573 e. The first kappa shape index (κ1) is 25.9. The molecule has 0 spiro atoms. The van der Waals surface area contributed by atoms with E-state index < -0.39 is 24.0 Å². The third-order valence-electron chi connectivity index (χ3n) is 5.79. The van der Waals surface area contributed by atoms with E-state index in [1.165, 1.54) is 0 Å². The fourth-order valence-electron chi connectivity index (χ4n) is 4.27. The van der Waals surface area contributed by atoms with Crippen LogP contribution in [0.15, 0.2) is 18.2 Å². The van der Waals surface area contributed by atoms with Gasteiger partial charge in [-0.3, -0.25) is 0 Å². The number of rotatable bonds is 8. The lowest BCUT2D eigenvalue weighted by molar-refractivity contribution is -0.274. The van der Waals surface area contributed by atoms with Crippen LogP contribution in [0.4, 0.5) is 27.2 Å². The molecule has 34 heavy (non-hydrogen) atoms. The Balaban J connectivity index is 1.67. The van der Waals surface area contributed by atoms with E-state index in [4.69, 9.17) is 4.74 Å². The molecule has 2 atom stereocenters. The van der Waals surface area contributed by atoms with Crippen LogP contribution >= 0.6 is 0 Å². The average molecular weight is 490 g/mol. The molecular formula is C22H30F4N4O4. The summed E-state index contributed by atoms with van der Waals surface area (Å²) >= 11 is 0. The smallest absolute Gasteiger partial charge is 0.406 e. The Morgan fingerprint density at radius 2 is 1.91 bits per heavy atom. The summed E-state index contributed by atoms with van der Waals surface area (Å²) in [5.74, 6) is -1.53. The van der Waals surface area contributed by atoms with Crippen molar-refractivity contribution < 1.29 is 36.6 Å². The van der Waals surface area contributed by atoms with Crippen LogP contribution in [0.2, 0.25) is 0 Å². The highest BCUT2D eigenvalue weighted by Gasteiger charge is 2.42. The molecule has 0 aromatic heterocycles. The lowest BCUT2D eigenvalue weighted by atomic mass is 9.94. The Hall–Kier alpha value is -2.76. The summed E-state index contributed by atoms with van der Waals surface area (Å²) in [5.41, 5.74) is 0.0310. The standard InChI is InChI=1S/C22H30F4N4O4/c1-3-27-20(31)29-11-14(13-33-2)8-17(12-29)30(16-5-6-16)21(32)28-10-15-4-7-18(9-19(15)23)34-22(24,25)26/h4,7,9,14,16-17H,3,5-6,8,10-13H2,1-2H3,(H,27,31)(H,28,32)/t14-,17+/m0/s1. The fourth-order valence-corrected chi connectivity index (χ4v) is 4.27. The molecule has 3 rings (SSSR count). The number of alkyl halides is 3. The Bertz CT molecular complexity index is 866. The predicted molar refractivity (Wildman–Crippen MR) is 115 cm³/mol. The Kier molecular flexibility index (Phi) is 8.45. The number of halogens is 4. The number of methoxy groups -OCH3 is 1. The van der Waals surface area contributed by atoms with Gasteiger partial charge in [-0.1, -0.05) is 6.07 Å². The molecule has 0 radical (unpaired) electrons. The summed E-state index contributed by atoms with van der Waals surface area (Å²) in [7, 11) is 1.59. The third kappa shape index (κ3) is 7.12. The molecule has 2 fully saturated rings. The molecule has 1 aliphatic carbocycles. The molecule has 4 amide bonds. The molecule has 190 valence electrons. The second-order valence-corrected chi connectivity index (χ2v) is 8.55. The van der Waals surface area contributed by atoms with E-state index in [0.29, 0.717) is 38.7 Å². The zero-order valence-electron chi connectivity index (χ0n) is 19.2. The minimum absolute atomic E-state index is 0.0230. The molecule has 1 aliphatic heterocycles. The van der Waals surface area contributed by atoms with Gasteiger partial charge >= 0.3 is 18.4 Å². The van der Waals surface area contributed by atoms with Crippen molar-refractivity contribution in [3.05, 3.63) is 29.6 Å². The van der Waals surface area contributed by atoms with Gasteiger partial charge < -0.3 is 29.9 Å². The molecule has 1 aromatic carbocycles. The Morgan fingerprint density at radius 1 is 1.18 bits per heavy atom. The maximum absolute atomic E-state index is 14.3. The van der Waals surface area contributed by atoms with Gasteiger partial charge in [-0.05, 0) is 32.3 Å². The van der Waals surface area contributed by atoms with Crippen LogP contribution < -0.4 is 15.4 Å². The Labute approximate surface area is 195 Å². The number of ether oxygens (including phenoxy) is 2. The summed E-state index contributed by atoms with van der Waals surface area (Å²) in [5, 5.41) is 5.46. The van der Waals surface area contributed by atoms with E-state index in [0.717, 1.165) is 25.0 Å². The van der Waals surface area contributed by atoms with Gasteiger partial charge in [0.1, 0.15) is 11.6 Å². The fraction of sp³-hybridized carbons (Fsp3) is 0.636. The van der Waals surface area contributed by atoms with Crippen molar-refractivity contribution in [1.82, 2.24) is 20.4 Å². The maximum Gasteiger partial charge on any atom is 0.573 e. The van der Waals surface area contributed by atoms with Gasteiger partial charge in [0.05, 0.1) is 12.6 Å². The molecule has 0 unspecified atom stereocenters. The number of benzene rings is 1. The van der Waals surface area contributed by atoms with Crippen LogP contribution in [0.1, 0.15) is 31.7 Å². The van der Waals surface area contributed by atoms with E-state index in [9.17, 15) is 27.2 Å². The summed E-state index contributed by atoms with van der Waals surface area (Å²) in [6.45, 7) is 3.46. The van der Waals surface area contributed by atoms with Gasteiger partial charge in [0.15, 0.2) is 0 Å². The van der Waals surface area contributed by atoms with Crippen molar-refractivity contribution in [2.75, 3.05) is 33.4 Å². The molecule has 1 heterocycles. The minimum Gasteiger partial charge on any atom is -0.406 e. The highest BCUT2D eigenvalue weighted by molar-refractivity contribution is 5.76. The summed E-state index contributed by atoms with van der Waals surface area (Å²) < 4.78 is 60.3. The monoisotopic (exact) mass is 490 g/mol. The molecule has 2 N–H and O–H groups in total. The van der Waals surface area contributed by atoms with Crippen molar-refractivity contribution in [3.63, 3.8) is 0 Å². The molecule has 2 aliphatic rings. The number of urea groups is 2. The van der Waals surface area contributed by atoms with Gasteiger partial charge in [0, 0.05) is 56.9 Å². The number of amides is 4. The first-order valence-electron chi connectivity index (χ1n) is 11.2. The molecule has 0 bridgehead atoms. The second kappa shape index (κ2) is 11.1. The van der Waals surface area contributed by atoms with E-state index >= 15 is 0 Å². The zero-order chi connectivity index (χ0) is 24.9. The number of hydrogen-bond donors (Lipinski definition) is 2. The number of nitrogens with one attached hydrogen (secondary N) is 2. The van der Waals surface area contributed by atoms with Crippen LogP contribution in [0.25, 0.3) is 0 Å². The Morgan fingerprint density at radius 3 is 2.50 bits per heavy atom. The van der Waals surface area contributed by atoms with Gasteiger partial charge in [-0.2, -0.15) is 0 Å². The molecular weight excluding hydrogens is 460 g/mol. The number of hydrogen-bond acceptors (Lipinski definition) is 4. The molecule has 1 saturated heterocycles. The highest BCUT2D eigenvalue weighted by atomic mass is 19.4. The van der Waals surface area contributed by atoms with Gasteiger partial charge in [-0.15, -0.1) is 13.2 Å². The van der Waals surface area contributed by atoms with Crippen LogP contribution in [0.5, 0.6) is 5.75 Å². The molecule has 1 aromatic rings. The molecule has 8 nitrogen and oxygen atoms in total. The van der Waals surface area contributed by atoms with Crippen molar-refractivity contribution in [3.8, 4) is 5.75 Å². The van der Waals surface area contributed by atoms with Crippen LogP contribution in [-0.2, 0) is 11.3 Å². The number of likely N-dealkylation sites (tertiary alicyclic amines) is 1. The van der Waals surface area contributed by atoms with Crippen LogP contribution in [0, 0.1) is 11.7 Å². The average Bonchev–Trinajstić information content (AvgIpc) is 3.57. The van der Waals surface area contributed by atoms with Crippen molar-refractivity contribution >= 4 is 12.1 Å². The number of nitrogens with zero attached hydrogens (tertiary/aromatic N) is 2. The van der Waals surface area contributed by atoms with Crippen molar-refractivity contribution in [2.45, 2.75) is 51.2 Å². The van der Waals surface area contributed by atoms with Gasteiger partial charge in [0.25, 0.3) is 0 Å². The quantitative estimate of drug-likeness (QED) is 0.547. The van der Waals surface area contributed by atoms with Crippen molar-refractivity contribution in [1.29, 1.82) is 0 Å². The van der Waals surface area contributed by atoms with Gasteiger partial charge in [-0.25, -0.2) is 14.0 Å². The van der Waals surface area contributed by atoms with Crippen LogP contribution in [0.3, 0.4) is 0 Å². The van der Waals surface area contributed by atoms with Gasteiger partial charge in [0.2, 0.25) is 0 Å². The zero-order valence-corrected chi connectivity index (χ0v) is 19.2. The normalized spacial score (nSPS) is 20.6. The van der Waals surface area contributed by atoms with Crippen molar-refractivity contribution in [2.24, 2.45) is 5.92 Å². The van der Waals surface area contributed by atoms with E-state index in [1.807, 2.05) is 6.92 Å². The topological polar surface area (TPSA) is 83.1 Å². The SMILES string of the molecule is CCNC(=O)N1C[C@@H](COC)C[C@@H](N(C(=O)NCc2ccc(OC(F)(F)F)cc2F)C2CC2)C1. The lowest BCUT2D eigenvalue weighted by Gasteiger charge is -2.42. The first-order valence-corrected chi connectivity index (χ1v) is 11.2. The third-order valence-corrected chi connectivity index (χ3v) is 5.79. The lowest BCUT2D eigenvalue weighted by Crippen LogP contribution is -2.58. The number of carbonyl (C=O) groups excluding carboxylic acids is 2. The summed E-state index contributed by atoms with van der Waals surface area (Å²) in [6.07, 6.45) is -2.60. The summed E-state index contributed by atoms with van der Waals surface area (Å²) in [4.78, 5) is 29.0. The molecule has 1 saturated carbocycles. The molecule has 12 heteroatoms. The van der Waals surface area contributed by atoms with E-state index in [2.05, 4.69) is 15.4 Å². The minimum atomic E-state index is -4.92. The summed E-state index contributed by atoms with van der Waals surface area (Å²) in [6, 6.07) is 1.95. The second-order valence-electron chi connectivity index (χ2n) is 8.55. The highest BCUT2D eigenvalue weighted by Crippen LogP contribution is 2.33. The van der Waals surface area contributed by atoms with E-state index in [1.54, 1.807) is 16.9 Å². The maximum atomic E-state index is 14.3. The first-order chi connectivity index (χ1) is 16.1. The van der Waals surface area contributed by atoms with Crippen LogP contribution in [-0.4, -0.2) is 73.7 Å². The predicted octanol–water partition coefficient (Wildman–Crippen LogP) is 3.46.